The predicted octanol–water partition coefficient (Wildman–Crippen LogP) is 1.95. The monoisotopic (exact) mass is 314 g/mol. The molecule has 0 bridgehead atoms. The summed E-state index contributed by atoms with van der Waals surface area (Å²) >= 11 is 0. The van der Waals surface area contributed by atoms with E-state index >= 15 is 0 Å². The van der Waals surface area contributed by atoms with Gasteiger partial charge in [0.2, 0.25) is 0 Å². The van der Waals surface area contributed by atoms with Gasteiger partial charge >= 0.3 is 17.9 Å². The molecule has 0 amide bonds. The van der Waals surface area contributed by atoms with Gasteiger partial charge in [0, 0.05) is 26.7 Å². The van der Waals surface area contributed by atoms with Crippen LogP contribution in [0.15, 0.2) is 0 Å². The Morgan fingerprint density at radius 3 is 2.14 bits per heavy atom. The molecule has 6 heteroatoms. The smallest absolute Gasteiger partial charge is 0.302 e. The van der Waals surface area contributed by atoms with E-state index in [1.54, 1.807) is 0 Å². The van der Waals surface area contributed by atoms with Crippen LogP contribution in [0.1, 0.15) is 41.0 Å². The highest BCUT2D eigenvalue weighted by molar-refractivity contribution is 5.66. The van der Waals surface area contributed by atoms with Crippen LogP contribution in [0.25, 0.3) is 0 Å². The Labute approximate surface area is 131 Å². The molecule has 1 rings (SSSR count). The zero-order chi connectivity index (χ0) is 16.9. The lowest BCUT2D eigenvalue weighted by molar-refractivity contribution is -0.149. The minimum atomic E-state index is -0.325. The molecule has 0 aromatic carbocycles. The van der Waals surface area contributed by atoms with Crippen LogP contribution in [0, 0.1) is 23.7 Å². The average Bonchev–Trinajstić information content (AvgIpc) is 2.70. The van der Waals surface area contributed by atoms with Crippen molar-refractivity contribution < 1.29 is 28.6 Å². The highest BCUT2D eigenvalue weighted by atomic mass is 16.5. The minimum absolute atomic E-state index is 0.0822. The number of carbonyl (C=O) groups is 3. The summed E-state index contributed by atoms with van der Waals surface area (Å²) < 4.78 is 15.6. The molecule has 0 spiro atoms. The lowest BCUT2D eigenvalue weighted by atomic mass is 9.83. The molecule has 0 saturated heterocycles. The fourth-order valence-corrected chi connectivity index (χ4v) is 3.21. The van der Waals surface area contributed by atoms with E-state index in [9.17, 15) is 14.4 Å². The normalized spacial score (nSPS) is 28.8. The number of hydrogen-bond acceptors (Lipinski definition) is 6. The van der Waals surface area contributed by atoms with Crippen LogP contribution in [0.2, 0.25) is 0 Å². The van der Waals surface area contributed by atoms with Crippen LogP contribution in [-0.4, -0.2) is 37.2 Å². The molecule has 6 nitrogen and oxygen atoms in total. The van der Waals surface area contributed by atoms with E-state index in [0.29, 0.717) is 19.6 Å². The zero-order valence-electron chi connectivity index (χ0n) is 14.0. The van der Waals surface area contributed by atoms with E-state index in [4.69, 9.17) is 14.2 Å². The second-order valence-corrected chi connectivity index (χ2v) is 6.15. The molecule has 0 radical (unpaired) electrons. The van der Waals surface area contributed by atoms with Gasteiger partial charge in [-0.15, -0.1) is 0 Å². The number of carbonyl (C=O) groups excluding carboxylic acids is 3. The maximum absolute atomic E-state index is 11.2. The molecule has 1 fully saturated rings. The number of esters is 3. The van der Waals surface area contributed by atoms with Crippen molar-refractivity contribution in [3.8, 4) is 0 Å². The van der Waals surface area contributed by atoms with E-state index in [1.807, 2.05) is 13.8 Å². The molecule has 126 valence electrons. The molecule has 1 aliphatic carbocycles. The summed E-state index contributed by atoms with van der Waals surface area (Å²) in [5.41, 5.74) is 0. The Kier molecular flexibility index (Phi) is 6.84. The van der Waals surface area contributed by atoms with E-state index in [0.717, 1.165) is 0 Å². The van der Waals surface area contributed by atoms with Crippen molar-refractivity contribution in [2.24, 2.45) is 23.7 Å². The molecule has 0 unspecified atom stereocenters. The molecule has 1 saturated carbocycles. The standard InChI is InChI=1S/C16H26O6/c1-9(7-20-11(3)17)14-6-16(22-13(5)19)10(2)15(14)8-21-12(4)18/h9-10,14-16H,6-8H2,1-5H3/t9-,10+,14-,15+,16+/m0/s1. The van der Waals surface area contributed by atoms with Crippen molar-refractivity contribution in [3.05, 3.63) is 0 Å². The highest BCUT2D eigenvalue weighted by Gasteiger charge is 2.45. The van der Waals surface area contributed by atoms with Gasteiger partial charge in [-0.1, -0.05) is 13.8 Å². The van der Waals surface area contributed by atoms with Crippen molar-refractivity contribution in [1.29, 1.82) is 0 Å². The minimum Gasteiger partial charge on any atom is -0.466 e. The van der Waals surface area contributed by atoms with Crippen LogP contribution in [0.4, 0.5) is 0 Å². The predicted molar refractivity (Wildman–Crippen MR) is 78.7 cm³/mol. The zero-order valence-corrected chi connectivity index (χ0v) is 14.0. The lowest BCUT2D eigenvalue weighted by Gasteiger charge is -2.26. The summed E-state index contributed by atoms with van der Waals surface area (Å²) in [7, 11) is 0. The van der Waals surface area contributed by atoms with Crippen LogP contribution in [0.3, 0.4) is 0 Å². The first kappa shape index (κ1) is 18.5. The Hall–Kier alpha value is -1.59. The quantitative estimate of drug-likeness (QED) is 0.551. The maximum Gasteiger partial charge on any atom is 0.302 e. The third kappa shape index (κ3) is 5.31. The van der Waals surface area contributed by atoms with Crippen LogP contribution in [-0.2, 0) is 28.6 Å². The fourth-order valence-electron chi connectivity index (χ4n) is 3.21. The van der Waals surface area contributed by atoms with Gasteiger partial charge in [0.15, 0.2) is 0 Å². The second-order valence-electron chi connectivity index (χ2n) is 6.15. The SMILES string of the molecule is CC(=O)OC[C@@H]1[C@@H](C)[C@H](OC(C)=O)C[C@H]1[C@@H](C)COC(C)=O. The lowest BCUT2D eigenvalue weighted by Crippen LogP contribution is -2.28. The third-order valence-corrected chi connectivity index (χ3v) is 4.39. The summed E-state index contributed by atoms with van der Waals surface area (Å²) in [6.07, 6.45) is 0.498. The van der Waals surface area contributed by atoms with Crippen molar-refractivity contribution in [1.82, 2.24) is 0 Å². The molecular formula is C16H26O6. The molecule has 0 N–H and O–H groups in total. The van der Waals surface area contributed by atoms with Gasteiger partial charge in [-0.25, -0.2) is 0 Å². The summed E-state index contributed by atoms with van der Waals surface area (Å²) in [5.74, 6) is -0.505. The Morgan fingerprint density at radius 1 is 1.05 bits per heavy atom. The van der Waals surface area contributed by atoms with Crippen molar-refractivity contribution >= 4 is 17.9 Å². The van der Waals surface area contributed by atoms with E-state index in [-0.39, 0.29) is 47.7 Å². The van der Waals surface area contributed by atoms with Crippen molar-refractivity contribution in [2.75, 3.05) is 13.2 Å². The molecule has 1 aliphatic rings. The average molecular weight is 314 g/mol. The van der Waals surface area contributed by atoms with Gasteiger partial charge < -0.3 is 14.2 Å². The first-order valence-corrected chi connectivity index (χ1v) is 7.66. The van der Waals surface area contributed by atoms with Crippen LogP contribution in [0.5, 0.6) is 0 Å². The van der Waals surface area contributed by atoms with Crippen LogP contribution < -0.4 is 0 Å². The highest BCUT2D eigenvalue weighted by Crippen LogP contribution is 2.43. The second kappa shape index (κ2) is 8.15. The first-order valence-electron chi connectivity index (χ1n) is 7.66. The summed E-state index contributed by atoms with van der Waals surface area (Å²) in [5, 5.41) is 0. The molecule has 0 heterocycles. The fraction of sp³-hybridized carbons (Fsp3) is 0.812. The van der Waals surface area contributed by atoms with Gasteiger partial charge in [-0.3, -0.25) is 14.4 Å². The molecule has 0 aromatic heterocycles. The Balaban J connectivity index is 2.77. The van der Waals surface area contributed by atoms with E-state index in [1.165, 1.54) is 20.8 Å². The van der Waals surface area contributed by atoms with E-state index in [2.05, 4.69) is 0 Å². The molecule has 22 heavy (non-hydrogen) atoms. The maximum atomic E-state index is 11.2. The topological polar surface area (TPSA) is 78.9 Å². The van der Waals surface area contributed by atoms with Crippen molar-refractivity contribution in [2.45, 2.75) is 47.1 Å². The van der Waals surface area contributed by atoms with Gasteiger partial charge in [-0.05, 0) is 24.2 Å². The summed E-state index contributed by atoms with van der Waals surface area (Å²) in [6.45, 7) is 8.75. The molecule has 0 aliphatic heterocycles. The van der Waals surface area contributed by atoms with Gasteiger partial charge in [0.25, 0.3) is 0 Å². The van der Waals surface area contributed by atoms with Crippen LogP contribution >= 0.6 is 0 Å². The van der Waals surface area contributed by atoms with Gasteiger partial charge in [0.05, 0.1) is 13.2 Å². The summed E-state index contributed by atoms with van der Waals surface area (Å²) in [6, 6.07) is 0. The first-order chi connectivity index (χ1) is 10.2. The van der Waals surface area contributed by atoms with E-state index < -0.39 is 0 Å². The van der Waals surface area contributed by atoms with Crippen molar-refractivity contribution in [3.63, 3.8) is 0 Å². The Morgan fingerprint density at radius 2 is 1.64 bits per heavy atom. The Bertz CT molecular complexity index is 419. The van der Waals surface area contributed by atoms with Gasteiger partial charge in [-0.2, -0.15) is 0 Å². The molecule has 0 aromatic rings. The number of ether oxygens (including phenoxy) is 3. The molecule has 5 atom stereocenters. The summed E-state index contributed by atoms with van der Waals surface area (Å²) in [4.78, 5) is 33.3. The number of rotatable bonds is 6. The largest absolute Gasteiger partial charge is 0.466 e. The number of hydrogen-bond donors (Lipinski definition) is 0. The molecular weight excluding hydrogens is 288 g/mol. The third-order valence-electron chi connectivity index (χ3n) is 4.39. The van der Waals surface area contributed by atoms with Gasteiger partial charge in [0.1, 0.15) is 6.10 Å².